The maximum Gasteiger partial charge on any atom is 0.248 e. The number of anilines is 1. The molecule has 0 spiro atoms. The van der Waals surface area contributed by atoms with E-state index in [4.69, 9.17) is 17.3 Å². The third kappa shape index (κ3) is 4.78. The van der Waals surface area contributed by atoms with Gasteiger partial charge in [-0.1, -0.05) is 11.6 Å². The molecule has 2 N–H and O–H groups in total. The third-order valence-electron chi connectivity index (χ3n) is 6.81. The van der Waals surface area contributed by atoms with E-state index in [9.17, 15) is 18.4 Å². The topological polar surface area (TPSA) is 66.6 Å². The molecule has 5 nitrogen and oxygen atoms in total. The quantitative estimate of drug-likeness (QED) is 0.659. The Morgan fingerprint density at radius 2 is 1.77 bits per heavy atom. The lowest BCUT2D eigenvalue weighted by molar-refractivity contribution is -0.133. The largest absolute Gasteiger partial charge is 0.398 e. The summed E-state index contributed by atoms with van der Waals surface area (Å²) in [5.74, 6) is -2.87. The van der Waals surface area contributed by atoms with E-state index >= 15 is 0 Å². The molecule has 1 aromatic carbocycles. The number of rotatable bonds is 7. The minimum Gasteiger partial charge on any atom is -0.398 e. The van der Waals surface area contributed by atoms with Crippen molar-refractivity contribution in [2.24, 2.45) is 17.8 Å². The Morgan fingerprint density at radius 3 is 2.43 bits per heavy atom. The van der Waals surface area contributed by atoms with Crippen molar-refractivity contribution in [1.82, 2.24) is 9.80 Å². The second-order valence-corrected chi connectivity index (χ2v) is 9.37. The molecule has 2 aliphatic carbocycles. The van der Waals surface area contributed by atoms with E-state index in [1.54, 1.807) is 12.1 Å². The average molecular weight is 440 g/mol. The van der Waals surface area contributed by atoms with E-state index in [-0.39, 0.29) is 42.3 Å². The molecule has 30 heavy (non-hydrogen) atoms. The molecule has 3 aliphatic rings. The van der Waals surface area contributed by atoms with Gasteiger partial charge in [0, 0.05) is 75.0 Å². The first kappa shape index (κ1) is 21.5. The summed E-state index contributed by atoms with van der Waals surface area (Å²) in [6.45, 7) is 3.52. The third-order valence-corrected chi connectivity index (χ3v) is 7.04. The number of fused-ring (bicyclic) bond motifs is 1. The van der Waals surface area contributed by atoms with Crippen molar-refractivity contribution < 1.29 is 18.4 Å². The van der Waals surface area contributed by atoms with Gasteiger partial charge < -0.3 is 10.6 Å². The fourth-order valence-electron chi connectivity index (χ4n) is 5.10. The van der Waals surface area contributed by atoms with Crippen LogP contribution >= 0.6 is 11.6 Å². The molecule has 0 radical (unpaired) electrons. The van der Waals surface area contributed by atoms with Crippen LogP contribution in [0.5, 0.6) is 0 Å². The lowest BCUT2D eigenvalue weighted by atomic mass is 10.0. The van der Waals surface area contributed by atoms with Gasteiger partial charge in [-0.3, -0.25) is 14.5 Å². The number of piperazine rings is 1. The van der Waals surface area contributed by atoms with Crippen LogP contribution in [0, 0.1) is 17.8 Å². The molecule has 0 bridgehead atoms. The standard InChI is InChI=1S/C22H28ClF2N3O2/c23-15-4-5-18(26)14(10-15)13-27-6-8-28(9-7-27)20(30)3-1-2-19(29)21-16-11-22(24,25)12-17(16)21/h4-5,10,16-17,21H,1-3,6-9,11-13,26H2. The second kappa shape index (κ2) is 8.42. The predicted octanol–water partition coefficient (Wildman–Crippen LogP) is 3.60. The Kier molecular flexibility index (Phi) is 6.04. The highest BCUT2D eigenvalue weighted by molar-refractivity contribution is 6.30. The van der Waals surface area contributed by atoms with Gasteiger partial charge >= 0.3 is 0 Å². The Bertz CT molecular complexity index is 813. The number of halogens is 3. The average Bonchev–Trinajstić information content (AvgIpc) is 3.23. The van der Waals surface area contributed by atoms with Crippen LogP contribution in [0.15, 0.2) is 18.2 Å². The van der Waals surface area contributed by atoms with Crippen LogP contribution in [-0.2, 0) is 16.1 Å². The number of benzene rings is 1. The van der Waals surface area contributed by atoms with Crippen molar-refractivity contribution in [1.29, 1.82) is 0 Å². The molecule has 0 aromatic heterocycles. The molecule has 2 unspecified atom stereocenters. The summed E-state index contributed by atoms with van der Waals surface area (Å²) >= 11 is 6.05. The zero-order valence-electron chi connectivity index (χ0n) is 17.0. The summed E-state index contributed by atoms with van der Waals surface area (Å²) in [6, 6.07) is 5.45. The van der Waals surface area contributed by atoms with Crippen LogP contribution in [0.1, 0.15) is 37.7 Å². The number of hydrogen-bond acceptors (Lipinski definition) is 4. The van der Waals surface area contributed by atoms with E-state index in [0.717, 1.165) is 18.7 Å². The van der Waals surface area contributed by atoms with Crippen LogP contribution in [0.25, 0.3) is 0 Å². The minimum atomic E-state index is -2.58. The Morgan fingerprint density at radius 1 is 1.10 bits per heavy atom. The van der Waals surface area contributed by atoms with Crippen molar-refractivity contribution in [3.05, 3.63) is 28.8 Å². The van der Waals surface area contributed by atoms with Gasteiger partial charge in [0.05, 0.1) is 0 Å². The lowest BCUT2D eigenvalue weighted by Gasteiger charge is -2.35. The zero-order valence-corrected chi connectivity index (χ0v) is 17.7. The summed E-state index contributed by atoms with van der Waals surface area (Å²) in [5.41, 5.74) is 7.72. The number of carbonyl (C=O) groups is 2. The number of nitrogens with two attached hydrogens (primary N) is 1. The number of hydrogen-bond donors (Lipinski definition) is 1. The fraction of sp³-hybridized carbons (Fsp3) is 0.636. The van der Waals surface area contributed by atoms with Crippen LogP contribution in [-0.4, -0.2) is 53.6 Å². The number of alkyl halides is 2. The molecule has 1 aliphatic heterocycles. The van der Waals surface area contributed by atoms with Crippen molar-refractivity contribution >= 4 is 29.0 Å². The summed E-state index contributed by atoms with van der Waals surface area (Å²) in [6.07, 6.45) is 0.883. The fourth-order valence-corrected chi connectivity index (χ4v) is 5.29. The number of carbonyl (C=O) groups excluding carboxylic acids is 2. The lowest BCUT2D eigenvalue weighted by Crippen LogP contribution is -2.48. The Labute approximate surface area is 180 Å². The number of nitrogen functional groups attached to an aromatic ring is 1. The highest BCUT2D eigenvalue weighted by Gasteiger charge is 2.64. The van der Waals surface area contributed by atoms with Crippen LogP contribution in [0.4, 0.5) is 14.5 Å². The predicted molar refractivity (Wildman–Crippen MR) is 111 cm³/mol. The molecule has 1 aromatic rings. The molecule has 2 atom stereocenters. The molecular formula is C22H28ClF2N3O2. The molecule has 1 amide bonds. The minimum absolute atomic E-state index is 0.0623. The van der Waals surface area contributed by atoms with Gasteiger partial charge in [0.25, 0.3) is 0 Å². The number of nitrogens with zero attached hydrogens (tertiary/aromatic N) is 2. The van der Waals surface area contributed by atoms with Crippen LogP contribution in [0.3, 0.4) is 0 Å². The maximum absolute atomic E-state index is 13.2. The summed E-state index contributed by atoms with van der Waals surface area (Å²) in [7, 11) is 0. The van der Waals surface area contributed by atoms with E-state index in [1.807, 2.05) is 11.0 Å². The van der Waals surface area contributed by atoms with E-state index in [0.29, 0.717) is 49.6 Å². The van der Waals surface area contributed by atoms with Crippen molar-refractivity contribution in [2.75, 3.05) is 31.9 Å². The molecule has 1 heterocycles. The van der Waals surface area contributed by atoms with Gasteiger partial charge in [0.15, 0.2) is 0 Å². The maximum atomic E-state index is 13.2. The van der Waals surface area contributed by atoms with Gasteiger partial charge in [0.2, 0.25) is 11.8 Å². The Balaban J connectivity index is 1.15. The van der Waals surface area contributed by atoms with Gasteiger partial charge in [-0.05, 0) is 42.0 Å². The normalized spacial score (nSPS) is 27.7. The second-order valence-electron chi connectivity index (χ2n) is 8.94. The summed E-state index contributed by atoms with van der Waals surface area (Å²) < 4.78 is 26.5. The van der Waals surface area contributed by atoms with Crippen LogP contribution < -0.4 is 5.73 Å². The number of Topliss-reactive ketones (excluding diaryl/α,β-unsaturated/α-hetero) is 1. The SMILES string of the molecule is Nc1ccc(Cl)cc1CN1CCN(C(=O)CCCC(=O)C2C3CC(F)(F)CC32)CC1. The van der Waals surface area contributed by atoms with Crippen LogP contribution in [0.2, 0.25) is 5.02 Å². The van der Waals surface area contributed by atoms with E-state index < -0.39 is 5.92 Å². The monoisotopic (exact) mass is 439 g/mol. The highest BCUT2D eigenvalue weighted by atomic mass is 35.5. The van der Waals surface area contributed by atoms with Gasteiger partial charge in [0.1, 0.15) is 5.78 Å². The molecule has 1 saturated heterocycles. The van der Waals surface area contributed by atoms with E-state index in [2.05, 4.69) is 4.90 Å². The first-order valence-electron chi connectivity index (χ1n) is 10.7. The smallest absolute Gasteiger partial charge is 0.248 e. The summed E-state index contributed by atoms with van der Waals surface area (Å²) in [5, 5.41) is 0.658. The van der Waals surface area contributed by atoms with Gasteiger partial charge in [-0.15, -0.1) is 0 Å². The molecule has 3 fully saturated rings. The van der Waals surface area contributed by atoms with Crippen molar-refractivity contribution in [2.45, 2.75) is 44.6 Å². The first-order chi connectivity index (χ1) is 14.2. The summed E-state index contributed by atoms with van der Waals surface area (Å²) in [4.78, 5) is 28.8. The van der Waals surface area contributed by atoms with Gasteiger partial charge in [-0.2, -0.15) is 0 Å². The first-order valence-corrected chi connectivity index (χ1v) is 11.1. The molecular weight excluding hydrogens is 412 g/mol. The molecule has 4 rings (SSSR count). The zero-order chi connectivity index (χ0) is 21.5. The molecule has 8 heteroatoms. The molecule has 2 saturated carbocycles. The highest BCUT2D eigenvalue weighted by Crippen LogP contribution is 2.63. The number of ketones is 1. The van der Waals surface area contributed by atoms with Crippen molar-refractivity contribution in [3.63, 3.8) is 0 Å². The number of amides is 1. The van der Waals surface area contributed by atoms with Crippen molar-refractivity contribution in [3.8, 4) is 0 Å². The van der Waals surface area contributed by atoms with Gasteiger partial charge in [-0.25, -0.2) is 8.78 Å². The van der Waals surface area contributed by atoms with E-state index in [1.165, 1.54) is 0 Å². The molecule has 164 valence electrons. The Hall–Kier alpha value is -1.73.